The van der Waals surface area contributed by atoms with E-state index in [0.29, 0.717) is 12.2 Å². The number of hydrogen-bond acceptors (Lipinski definition) is 2. The molecule has 0 fully saturated rings. The number of nitrogens with zero attached hydrogens (tertiary/aromatic N) is 1. The second kappa shape index (κ2) is 4.35. The van der Waals surface area contributed by atoms with Crippen LogP contribution >= 0.6 is 0 Å². The van der Waals surface area contributed by atoms with Gasteiger partial charge < -0.3 is 10.6 Å². The zero-order chi connectivity index (χ0) is 14.4. The van der Waals surface area contributed by atoms with Gasteiger partial charge in [-0.1, -0.05) is 42.5 Å². The van der Waals surface area contributed by atoms with Crippen LogP contribution in [0, 0.1) is 0 Å². The molecule has 0 atom stereocenters. The van der Waals surface area contributed by atoms with Crippen molar-refractivity contribution in [2.75, 3.05) is 10.6 Å². The highest BCUT2D eigenvalue weighted by atomic mass is 16.2. The first-order chi connectivity index (χ1) is 10.3. The average Bonchev–Trinajstić information content (AvgIpc) is 2.79. The van der Waals surface area contributed by atoms with Crippen LogP contribution in [0.5, 0.6) is 0 Å². The van der Waals surface area contributed by atoms with Gasteiger partial charge in [-0.05, 0) is 23.8 Å². The summed E-state index contributed by atoms with van der Waals surface area (Å²) in [5.41, 5.74) is 9.55. The normalized spacial score (nSPS) is 13.1. The Hall–Kier alpha value is -2.81. The Morgan fingerprint density at radius 1 is 0.905 bits per heavy atom. The van der Waals surface area contributed by atoms with Crippen LogP contribution in [0.3, 0.4) is 0 Å². The summed E-state index contributed by atoms with van der Waals surface area (Å²) in [6.07, 6.45) is 0. The molecule has 2 N–H and O–H groups in total. The van der Waals surface area contributed by atoms with E-state index in [1.54, 1.807) is 0 Å². The van der Waals surface area contributed by atoms with Crippen LogP contribution in [0.15, 0.2) is 60.7 Å². The number of nitrogens with two attached hydrogens (primary N) is 1. The maximum atomic E-state index is 12.7. The van der Waals surface area contributed by atoms with Crippen LogP contribution in [0.4, 0.5) is 11.4 Å². The van der Waals surface area contributed by atoms with Crippen LogP contribution in [-0.4, -0.2) is 5.91 Å². The SMILES string of the molecule is Nc1ccc2c3c(cccc13)C(=O)N2Cc1ccccc1. The molecule has 4 rings (SSSR count). The topological polar surface area (TPSA) is 46.3 Å². The monoisotopic (exact) mass is 274 g/mol. The summed E-state index contributed by atoms with van der Waals surface area (Å²) in [6, 6.07) is 19.6. The molecule has 102 valence electrons. The second-order valence-electron chi connectivity index (χ2n) is 5.28. The summed E-state index contributed by atoms with van der Waals surface area (Å²) in [5.74, 6) is 0.0463. The third kappa shape index (κ3) is 1.71. The predicted octanol–water partition coefficient (Wildman–Crippen LogP) is 3.58. The van der Waals surface area contributed by atoms with Gasteiger partial charge in [-0.25, -0.2) is 0 Å². The van der Waals surface area contributed by atoms with Crippen molar-refractivity contribution in [3.8, 4) is 0 Å². The van der Waals surface area contributed by atoms with E-state index >= 15 is 0 Å². The second-order valence-corrected chi connectivity index (χ2v) is 5.28. The van der Waals surface area contributed by atoms with E-state index in [0.717, 1.165) is 27.6 Å². The number of rotatable bonds is 2. The fourth-order valence-electron chi connectivity index (χ4n) is 2.99. The first kappa shape index (κ1) is 12.0. The molecule has 1 aliphatic heterocycles. The Kier molecular flexibility index (Phi) is 2.48. The highest BCUT2D eigenvalue weighted by Crippen LogP contribution is 2.40. The van der Waals surface area contributed by atoms with Gasteiger partial charge in [-0.2, -0.15) is 0 Å². The molecular weight excluding hydrogens is 260 g/mol. The van der Waals surface area contributed by atoms with Crippen molar-refractivity contribution in [2.45, 2.75) is 6.54 Å². The van der Waals surface area contributed by atoms with Gasteiger partial charge >= 0.3 is 0 Å². The van der Waals surface area contributed by atoms with Crippen molar-refractivity contribution in [1.29, 1.82) is 0 Å². The lowest BCUT2D eigenvalue weighted by molar-refractivity contribution is 0.0991. The van der Waals surface area contributed by atoms with Gasteiger partial charge in [0, 0.05) is 22.0 Å². The maximum absolute atomic E-state index is 12.7. The van der Waals surface area contributed by atoms with E-state index in [1.165, 1.54) is 0 Å². The number of nitrogen functional groups attached to an aromatic ring is 1. The molecule has 21 heavy (non-hydrogen) atoms. The van der Waals surface area contributed by atoms with E-state index in [9.17, 15) is 4.79 Å². The van der Waals surface area contributed by atoms with Crippen molar-refractivity contribution in [3.05, 3.63) is 71.8 Å². The standard InChI is InChI=1S/C18H14N2O/c19-15-9-10-16-17-13(15)7-4-8-14(17)18(21)20(16)11-12-5-2-1-3-6-12/h1-10H,11,19H2. The van der Waals surface area contributed by atoms with Crippen molar-refractivity contribution < 1.29 is 4.79 Å². The first-order valence-electron chi connectivity index (χ1n) is 6.93. The minimum absolute atomic E-state index is 0.0463. The molecule has 0 unspecified atom stereocenters. The zero-order valence-corrected chi connectivity index (χ0v) is 11.4. The molecule has 0 saturated heterocycles. The predicted molar refractivity (Wildman–Crippen MR) is 85.3 cm³/mol. The Morgan fingerprint density at radius 2 is 1.71 bits per heavy atom. The summed E-state index contributed by atoms with van der Waals surface area (Å²) >= 11 is 0. The van der Waals surface area contributed by atoms with E-state index in [-0.39, 0.29) is 5.91 Å². The minimum Gasteiger partial charge on any atom is -0.398 e. The summed E-state index contributed by atoms with van der Waals surface area (Å²) in [7, 11) is 0. The van der Waals surface area contributed by atoms with Crippen molar-refractivity contribution in [1.82, 2.24) is 0 Å². The number of carbonyl (C=O) groups excluding carboxylic acids is 1. The van der Waals surface area contributed by atoms with Crippen LogP contribution in [0.2, 0.25) is 0 Å². The van der Waals surface area contributed by atoms with E-state index in [2.05, 4.69) is 0 Å². The first-order valence-corrected chi connectivity index (χ1v) is 6.93. The van der Waals surface area contributed by atoms with Crippen molar-refractivity contribution in [3.63, 3.8) is 0 Å². The zero-order valence-electron chi connectivity index (χ0n) is 11.4. The molecule has 3 heteroatoms. The Morgan fingerprint density at radius 3 is 2.52 bits per heavy atom. The molecule has 1 amide bonds. The highest BCUT2D eigenvalue weighted by molar-refractivity contribution is 6.26. The lowest BCUT2D eigenvalue weighted by Gasteiger charge is -2.18. The molecule has 0 aromatic heterocycles. The molecule has 3 nitrogen and oxygen atoms in total. The van der Waals surface area contributed by atoms with Gasteiger partial charge in [0.2, 0.25) is 0 Å². The molecule has 3 aromatic rings. The number of anilines is 2. The molecule has 0 radical (unpaired) electrons. The van der Waals surface area contributed by atoms with Crippen LogP contribution < -0.4 is 10.6 Å². The third-order valence-corrected chi connectivity index (χ3v) is 4.00. The largest absolute Gasteiger partial charge is 0.398 e. The lowest BCUT2D eigenvalue weighted by Crippen LogP contribution is -2.25. The molecule has 1 aliphatic rings. The fourth-order valence-corrected chi connectivity index (χ4v) is 2.99. The Labute approximate surface area is 122 Å². The summed E-state index contributed by atoms with van der Waals surface area (Å²) in [5, 5.41) is 1.92. The molecule has 0 saturated carbocycles. The number of amides is 1. The van der Waals surface area contributed by atoms with Crippen molar-refractivity contribution >= 4 is 28.1 Å². The lowest BCUT2D eigenvalue weighted by atomic mass is 10.0. The molecule has 0 aliphatic carbocycles. The van der Waals surface area contributed by atoms with E-state index < -0.39 is 0 Å². The summed E-state index contributed by atoms with van der Waals surface area (Å²) < 4.78 is 0. The molecule has 3 aromatic carbocycles. The maximum Gasteiger partial charge on any atom is 0.259 e. The number of carbonyl (C=O) groups is 1. The molecule has 0 spiro atoms. The van der Waals surface area contributed by atoms with Crippen LogP contribution in [0.25, 0.3) is 10.8 Å². The molecule has 0 bridgehead atoms. The molecule has 1 heterocycles. The van der Waals surface area contributed by atoms with Gasteiger partial charge in [0.1, 0.15) is 0 Å². The summed E-state index contributed by atoms with van der Waals surface area (Å²) in [4.78, 5) is 14.5. The Balaban J connectivity index is 1.88. The molecular formula is C18H14N2O. The number of benzene rings is 3. The van der Waals surface area contributed by atoms with Gasteiger partial charge in [-0.3, -0.25) is 4.79 Å². The van der Waals surface area contributed by atoms with Crippen LogP contribution in [-0.2, 0) is 6.54 Å². The third-order valence-electron chi connectivity index (χ3n) is 4.00. The van der Waals surface area contributed by atoms with Gasteiger partial charge in [0.05, 0.1) is 12.2 Å². The van der Waals surface area contributed by atoms with E-state index in [1.807, 2.05) is 65.6 Å². The number of hydrogen-bond donors (Lipinski definition) is 1. The van der Waals surface area contributed by atoms with Gasteiger partial charge in [0.15, 0.2) is 0 Å². The Bertz CT molecular complexity index is 856. The van der Waals surface area contributed by atoms with Crippen molar-refractivity contribution in [2.24, 2.45) is 0 Å². The smallest absolute Gasteiger partial charge is 0.259 e. The minimum atomic E-state index is 0.0463. The fraction of sp³-hybridized carbons (Fsp3) is 0.0556. The highest BCUT2D eigenvalue weighted by Gasteiger charge is 2.30. The van der Waals surface area contributed by atoms with Gasteiger partial charge in [0.25, 0.3) is 5.91 Å². The average molecular weight is 274 g/mol. The summed E-state index contributed by atoms with van der Waals surface area (Å²) in [6.45, 7) is 0.577. The van der Waals surface area contributed by atoms with Gasteiger partial charge in [-0.15, -0.1) is 0 Å². The van der Waals surface area contributed by atoms with E-state index in [4.69, 9.17) is 5.73 Å². The quantitative estimate of drug-likeness (QED) is 0.726. The van der Waals surface area contributed by atoms with Crippen LogP contribution in [0.1, 0.15) is 15.9 Å².